The Morgan fingerprint density at radius 2 is 0.894 bits per heavy atom. The van der Waals surface area contributed by atoms with Crippen molar-refractivity contribution in [3.63, 3.8) is 0 Å². The van der Waals surface area contributed by atoms with Gasteiger partial charge in [0.25, 0.3) is 0 Å². The number of nitrogens with one attached hydrogen (secondary N) is 1. The van der Waals surface area contributed by atoms with E-state index in [0.29, 0.717) is 6.42 Å². The summed E-state index contributed by atoms with van der Waals surface area (Å²) in [4.78, 5) is 13.0. The van der Waals surface area contributed by atoms with Crippen molar-refractivity contribution < 1.29 is 39.8 Å². The van der Waals surface area contributed by atoms with Gasteiger partial charge in [-0.2, -0.15) is 0 Å². The number of hydrogen-bond acceptors (Lipinski definition) is 8. The number of allylic oxidation sites excluding steroid dienone is 5. The highest BCUT2D eigenvalue weighted by atomic mass is 16.7. The molecule has 9 nitrogen and oxygen atoms in total. The van der Waals surface area contributed by atoms with Crippen molar-refractivity contribution in [1.82, 2.24) is 5.32 Å². The number of rotatable bonds is 48. The molecule has 66 heavy (non-hydrogen) atoms. The van der Waals surface area contributed by atoms with Gasteiger partial charge < -0.3 is 40.3 Å². The summed E-state index contributed by atoms with van der Waals surface area (Å²) in [5.74, 6) is -0.188. The van der Waals surface area contributed by atoms with E-state index in [9.17, 15) is 30.3 Å². The minimum absolute atomic E-state index is 0.188. The molecule has 9 heteroatoms. The van der Waals surface area contributed by atoms with Crippen molar-refractivity contribution in [3.05, 3.63) is 36.5 Å². The van der Waals surface area contributed by atoms with Crippen LogP contribution >= 0.6 is 0 Å². The smallest absolute Gasteiger partial charge is 0.220 e. The van der Waals surface area contributed by atoms with Crippen molar-refractivity contribution in [2.45, 2.75) is 307 Å². The summed E-state index contributed by atoms with van der Waals surface area (Å²) in [6.07, 6.45) is 53.5. The molecule has 1 saturated heterocycles. The van der Waals surface area contributed by atoms with Gasteiger partial charge in [0.2, 0.25) is 5.91 Å². The summed E-state index contributed by atoms with van der Waals surface area (Å²) in [6, 6.07) is -0.812. The maximum Gasteiger partial charge on any atom is 0.220 e. The minimum atomic E-state index is -1.57. The van der Waals surface area contributed by atoms with Crippen LogP contribution in [0.15, 0.2) is 36.5 Å². The van der Waals surface area contributed by atoms with Crippen molar-refractivity contribution >= 4 is 5.91 Å². The summed E-state index contributed by atoms with van der Waals surface area (Å²) >= 11 is 0. The molecule has 0 bridgehead atoms. The molecule has 7 atom stereocenters. The predicted molar refractivity (Wildman–Crippen MR) is 276 cm³/mol. The zero-order valence-corrected chi connectivity index (χ0v) is 43.0. The van der Waals surface area contributed by atoms with Crippen LogP contribution in [0.2, 0.25) is 0 Å². The lowest BCUT2D eigenvalue weighted by Gasteiger charge is -2.40. The average Bonchev–Trinajstić information content (AvgIpc) is 3.32. The van der Waals surface area contributed by atoms with Crippen LogP contribution in [0.5, 0.6) is 0 Å². The molecule has 0 aliphatic carbocycles. The third-order valence-corrected chi connectivity index (χ3v) is 13.5. The largest absolute Gasteiger partial charge is 0.394 e. The topological polar surface area (TPSA) is 149 Å². The number of amides is 1. The van der Waals surface area contributed by atoms with Gasteiger partial charge in [0.15, 0.2) is 6.29 Å². The molecule has 1 amide bonds. The number of carbonyl (C=O) groups excluding carboxylic acids is 1. The molecule has 7 unspecified atom stereocenters. The second-order valence-corrected chi connectivity index (χ2v) is 19.7. The quantitative estimate of drug-likeness (QED) is 0.0261. The molecule has 1 fully saturated rings. The molecule has 6 N–H and O–H groups in total. The number of carbonyl (C=O) groups is 1. The van der Waals surface area contributed by atoms with E-state index in [2.05, 4.69) is 43.5 Å². The first-order valence-corrected chi connectivity index (χ1v) is 28.2. The Bertz CT molecular complexity index is 1130. The van der Waals surface area contributed by atoms with Gasteiger partial charge in [-0.1, -0.05) is 243 Å². The standard InChI is InChI=1S/C57H107NO8/c1-3-5-7-9-11-13-15-17-19-21-22-23-24-25-26-27-28-29-30-31-32-34-36-38-40-42-44-46-51(60)50(49-65-57-56(64)55(63)54(62)52(48-59)66-57)58-53(61)47-45-43-41-39-37-35-33-20-18-16-14-12-10-8-6-4-2/h14,16,20,33,44,46,50-52,54-57,59-60,62-64H,3-13,15,17-19,21-32,34-43,45,47-49H2,1-2H3,(H,58,61)/b16-14-,33-20-,46-44+. The van der Waals surface area contributed by atoms with Crippen LogP contribution in [0.3, 0.4) is 0 Å². The lowest BCUT2D eigenvalue weighted by Crippen LogP contribution is -2.60. The molecule has 1 heterocycles. The molecule has 1 aliphatic rings. The van der Waals surface area contributed by atoms with Crippen LogP contribution in [0.25, 0.3) is 0 Å². The van der Waals surface area contributed by atoms with Gasteiger partial charge in [-0.05, 0) is 51.4 Å². The highest BCUT2D eigenvalue weighted by Crippen LogP contribution is 2.23. The van der Waals surface area contributed by atoms with Crippen LogP contribution in [-0.4, -0.2) is 87.5 Å². The Hall–Kier alpha value is -1.59. The van der Waals surface area contributed by atoms with Gasteiger partial charge in [0, 0.05) is 6.42 Å². The van der Waals surface area contributed by atoms with Crippen molar-refractivity contribution in [1.29, 1.82) is 0 Å². The molecule has 1 aliphatic heterocycles. The van der Waals surface area contributed by atoms with Gasteiger partial charge >= 0.3 is 0 Å². The SMILES string of the molecule is CCCCCC/C=C\C/C=C\CCCCCCCC(=O)NC(COC1OC(CO)C(O)C(O)C1O)C(O)/C=C/CCCCCCCCCCCCCCCCCCCCCCCCCCC. The molecule has 0 aromatic rings. The van der Waals surface area contributed by atoms with Crippen LogP contribution in [-0.2, 0) is 14.3 Å². The summed E-state index contributed by atoms with van der Waals surface area (Å²) in [5.41, 5.74) is 0. The highest BCUT2D eigenvalue weighted by molar-refractivity contribution is 5.76. The van der Waals surface area contributed by atoms with Crippen LogP contribution in [0.1, 0.15) is 264 Å². The average molecular weight is 934 g/mol. The number of aliphatic hydroxyl groups excluding tert-OH is 5. The monoisotopic (exact) mass is 934 g/mol. The second-order valence-electron chi connectivity index (χ2n) is 19.7. The first-order chi connectivity index (χ1) is 32.3. The predicted octanol–water partition coefficient (Wildman–Crippen LogP) is 13.6. The second kappa shape index (κ2) is 47.1. The van der Waals surface area contributed by atoms with Gasteiger partial charge in [0.05, 0.1) is 25.4 Å². The Kier molecular flexibility index (Phi) is 44.6. The van der Waals surface area contributed by atoms with E-state index in [1.807, 2.05) is 6.08 Å². The zero-order valence-electron chi connectivity index (χ0n) is 43.0. The van der Waals surface area contributed by atoms with Gasteiger partial charge in [-0.3, -0.25) is 4.79 Å². The Balaban J connectivity index is 2.22. The van der Waals surface area contributed by atoms with E-state index in [-0.39, 0.29) is 12.5 Å². The van der Waals surface area contributed by atoms with E-state index in [4.69, 9.17) is 9.47 Å². The third kappa shape index (κ3) is 36.4. The maximum atomic E-state index is 13.0. The Morgan fingerprint density at radius 1 is 0.515 bits per heavy atom. The summed E-state index contributed by atoms with van der Waals surface area (Å²) in [6.45, 7) is 3.77. The fourth-order valence-corrected chi connectivity index (χ4v) is 8.95. The van der Waals surface area contributed by atoms with E-state index < -0.39 is 49.5 Å². The highest BCUT2D eigenvalue weighted by Gasteiger charge is 2.44. The zero-order chi connectivity index (χ0) is 48.0. The molecular formula is C57H107NO8. The molecule has 0 radical (unpaired) electrons. The van der Waals surface area contributed by atoms with E-state index in [1.165, 1.54) is 180 Å². The maximum absolute atomic E-state index is 13.0. The van der Waals surface area contributed by atoms with Crippen LogP contribution in [0.4, 0.5) is 0 Å². The first-order valence-electron chi connectivity index (χ1n) is 28.2. The van der Waals surface area contributed by atoms with Crippen molar-refractivity contribution in [3.8, 4) is 0 Å². The van der Waals surface area contributed by atoms with Crippen molar-refractivity contribution in [2.24, 2.45) is 0 Å². The van der Waals surface area contributed by atoms with Crippen LogP contribution in [0, 0.1) is 0 Å². The number of aliphatic hydroxyl groups is 5. The molecule has 0 aromatic heterocycles. The third-order valence-electron chi connectivity index (χ3n) is 13.5. The molecular weight excluding hydrogens is 827 g/mol. The molecule has 0 saturated carbocycles. The molecule has 0 aromatic carbocycles. The molecule has 388 valence electrons. The van der Waals surface area contributed by atoms with E-state index in [1.54, 1.807) is 6.08 Å². The Labute approximate surface area is 406 Å². The fourth-order valence-electron chi connectivity index (χ4n) is 8.95. The first kappa shape index (κ1) is 62.4. The summed E-state index contributed by atoms with van der Waals surface area (Å²) in [5, 5.41) is 54.4. The fraction of sp³-hybridized carbons (Fsp3) is 0.877. The number of unbranched alkanes of at least 4 members (excludes halogenated alkanes) is 34. The van der Waals surface area contributed by atoms with Gasteiger partial charge in [-0.25, -0.2) is 0 Å². The molecule has 0 spiro atoms. The van der Waals surface area contributed by atoms with Gasteiger partial charge in [0.1, 0.15) is 24.4 Å². The van der Waals surface area contributed by atoms with E-state index >= 15 is 0 Å². The molecule has 1 rings (SSSR count). The van der Waals surface area contributed by atoms with Crippen molar-refractivity contribution in [2.75, 3.05) is 13.2 Å². The normalized spacial score (nSPS) is 20.0. The lowest BCUT2D eigenvalue weighted by molar-refractivity contribution is -0.302. The number of hydrogen-bond donors (Lipinski definition) is 6. The summed E-state index contributed by atoms with van der Waals surface area (Å²) in [7, 11) is 0. The van der Waals surface area contributed by atoms with Crippen LogP contribution < -0.4 is 5.32 Å². The van der Waals surface area contributed by atoms with Gasteiger partial charge in [-0.15, -0.1) is 0 Å². The minimum Gasteiger partial charge on any atom is -0.394 e. The Morgan fingerprint density at radius 3 is 1.32 bits per heavy atom. The lowest BCUT2D eigenvalue weighted by atomic mass is 9.99. The van der Waals surface area contributed by atoms with E-state index in [0.717, 1.165) is 64.2 Å². The number of ether oxygens (including phenoxy) is 2. The summed E-state index contributed by atoms with van der Waals surface area (Å²) < 4.78 is 11.3.